The van der Waals surface area contributed by atoms with E-state index in [9.17, 15) is 9.18 Å². The van der Waals surface area contributed by atoms with Crippen LogP contribution in [0.2, 0.25) is 0 Å². The summed E-state index contributed by atoms with van der Waals surface area (Å²) >= 11 is 3.44. The molecular weight excluding hydrogens is 325 g/mol. The molecule has 110 valence electrons. The number of nitrogens with zero attached hydrogens (tertiary/aromatic N) is 1. The highest BCUT2D eigenvalue weighted by atomic mass is 79.9. The predicted molar refractivity (Wildman–Crippen MR) is 80.0 cm³/mol. The number of carbonyl (C=O) groups excluding carboxylic acids is 1. The van der Waals surface area contributed by atoms with Gasteiger partial charge >= 0.3 is 0 Å². The van der Waals surface area contributed by atoms with Crippen molar-refractivity contribution in [3.05, 3.63) is 29.6 Å². The first-order chi connectivity index (χ1) is 9.67. The number of halogens is 2. The minimum absolute atomic E-state index is 0.0505. The monoisotopic (exact) mass is 343 g/mol. The summed E-state index contributed by atoms with van der Waals surface area (Å²) in [6.07, 6.45) is 3.14. The number of benzene rings is 1. The molecule has 1 fully saturated rings. The lowest BCUT2D eigenvalue weighted by molar-refractivity contribution is 0.0663. The zero-order valence-corrected chi connectivity index (χ0v) is 13.2. The fourth-order valence-corrected chi connectivity index (χ4v) is 3.33. The first kappa shape index (κ1) is 15.3. The summed E-state index contributed by atoms with van der Waals surface area (Å²) < 4.78 is 19.1. The number of methoxy groups -OCH3 is 1. The summed E-state index contributed by atoms with van der Waals surface area (Å²) in [4.78, 5) is 14.3. The van der Waals surface area contributed by atoms with Gasteiger partial charge in [-0.2, -0.15) is 0 Å². The van der Waals surface area contributed by atoms with Crippen LogP contribution in [0.15, 0.2) is 18.2 Å². The summed E-state index contributed by atoms with van der Waals surface area (Å²) in [7, 11) is 1.45. The summed E-state index contributed by atoms with van der Waals surface area (Å²) in [6, 6.07) is 4.47. The molecular formula is C15H19BrFNO2. The highest BCUT2D eigenvalue weighted by Crippen LogP contribution is 2.26. The van der Waals surface area contributed by atoms with Crippen molar-refractivity contribution in [2.45, 2.75) is 19.3 Å². The van der Waals surface area contributed by atoms with E-state index < -0.39 is 5.82 Å². The molecule has 1 aromatic rings. The number of alkyl halides is 1. The molecule has 1 atom stereocenters. The smallest absolute Gasteiger partial charge is 0.260 e. The Labute approximate surface area is 127 Å². The molecule has 0 aromatic heterocycles. The molecule has 1 amide bonds. The fraction of sp³-hybridized carbons (Fsp3) is 0.533. The van der Waals surface area contributed by atoms with Gasteiger partial charge in [-0.3, -0.25) is 4.79 Å². The molecule has 0 N–H and O–H groups in total. The van der Waals surface area contributed by atoms with E-state index in [1.807, 2.05) is 0 Å². The topological polar surface area (TPSA) is 29.5 Å². The van der Waals surface area contributed by atoms with Crippen LogP contribution < -0.4 is 4.74 Å². The minimum atomic E-state index is -0.517. The average Bonchev–Trinajstić information content (AvgIpc) is 2.47. The third kappa shape index (κ3) is 3.32. The molecule has 0 bridgehead atoms. The summed E-state index contributed by atoms with van der Waals surface area (Å²) in [5.74, 6) is 0.0126. The van der Waals surface area contributed by atoms with Gasteiger partial charge < -0.3 is 9.64 Å². The number of ether oxygens (including phenoxy) is 1. The van der Waals surface area contributed by atoms with E-state index in [0.29, 0.717) is 24.8 Å². The van der Waals surface area contributed by atoms with Gasteiger partial charge in [-0.25, -0.2) is 4.39 Å². The van der Waals surface area contributed by atoms with E-state index in [0.717, 1.165) is 24.6 Å². The van der Waals surface area contributed by atoms with Crippen LogP contribution in [0.5, 0.6) is 5.75 Å². The second-order valence-corrected chi connectivity index (χ2v) is 5.85. The first-order valence-electron chi connectivity index (χ1n) is 6.85. The molecule has 1 saturated heterocycles. The predicted octanol–water partition coefficient (Wildman–Crippen LogP) is 3.47. The van der Waals surface area contributed by atoms with E-state index in [1.54, 1.807) is 17.0 Å². The molecule has 0 spiro atoms. The number of piperidine rings is 1. The molecule has 2 rings (SSSR count). The van der Waals surface area contributed by atoms with Crippen LogP contribution in [0.4, 0.5) is 4.39 Å². The lowest BCUT2D eigenvalue weighted by Crippen LogP contribution is -2.40. The Bertz CT molecular complexity index is 479. The maximum atomic E-state index is 14.0. The Kier molecular flexibility index (Phi) is 5.40. The Hall–Kier alpha value is -1.10. The standard InChI is InChI=1S/C15H19BrFNO2/c1-20-13-6-2-5-12(17)14(13)15(19)18-9-3-4-11(10-18)7-8-16/h2,5-6,11H,3-4,7-10H2,1H3. The van der Waals surface area contributed by atoms with Crippen molar-refractivity contribution in [1.82, 2.24) is 4.90 Å². The highest BCUT2D eigenvalue weighted by molar-refractivity contribution is 9.09. The van der Waals surface area contributed by atoms with E-state index in [-0.39, 0.29) is 11.5 Å². The van der Waals surface area contributed by atoms with Gasteiger partial charge in [0.2, 0.25) is 0 Å². The molecule has 0 aliphatic carbocycles. The average molecular weight is 344 g/mol. The normalized spacial score (nSPS) is 18.9. The van der Waals surface area contributed by atoms with E-state index in [1.165, 1.54) is 13.2 Å². The third-order valence-electron chi connectivity index (χ3n) is 3.73. The Morgan fingerprint density at radius 3 is 3.05 bits per heavy atom. The lowest BCUT2D eigenvalue weighted by Gasteiger charge is -2.33. The van der Waals surface area contributed by atoms with Crippen LogP contribution in [0.3, 0.4) is 0 Å². The van der Waals surface area contributed by atoms with Crippen LogP contribution in [-0.2, 0) is 0 Å². The van der Waals surface area contributed by atoms with Crippen LogP contribution in [0.1, 0.15) is 29.6 Å². The molecule has 0 saturated carbocycles. The van der Waals surface area contributed by atoms with Gasteiger partial charge in [0, 0.05) is 18.4 Å². The molecule has 1 aliphatic heterocycles. The van der Waals surface area contributed by atoms with Crippen molar-refractivity contribution in [1.29, 1.82) is 0 Å². The first-order valence-corrected chi connectivity index (χ1v) is 7.97. The SMILES string of the molecule is COc1cccc(F)c1C(=O)N1CCCC(CCBr)C1. The Morgan fingerprint density at radius 1 is 1.55 bits per heavy atom. The molecule has 1 heterocycles. The van der Waals surface area contributed by atoms with Crippen molar-refractivity contribution >= 4 is 21.8 Å². The number of carbonyl (C=O) groups is 1. The third-order valence-corrected chi connectivity index (χ3v) is 4.19. The van der Waals surface area contributed by atoms with Crippen molar-refractivity contribution in [2.75, 3.05) is 25.5 Å². The largest absolute Gasteiger partial charge is 0.496 e. The molecule has 1 unspecified atom stereocenters. The molecule has 0 radical (unpaired) electrons. The molecule has 20 heavy (non-hydrogen) atoms. The fourth-order valence-electron chi connectivity index (χ4n) is 2.68. The van der Waals surface area contributed by atoms with Crippen molar-refractivity contribution in [3.63, 3.8) is 0 Å². The number of rotatable bonds is 4. The van der Waals surface area contributed by atoms with E-state index >= 15 is 0 Å². The lowest BCUT2D eigenvalue weighted by atomic mass is 9.95. The van der Waals surface area contributed by atoms with Crippen molar-refractivity contribution < 1.29 is 13.9 Å². The summed E-state index contributed by atoms with van der Waals surface area (Å²) in [5.41, 5.74) is 0.0505. The van der Waals surface area contributed by atoms with Crippen LogP contribution in [-0.4, -0.2) is 36.3 Å². The Morgan fingerprint density at radius 2 is 2.35 bits per heavy atom. The van der Waals surface area contributed by atoms with E-state index in [4.69, 9.17) is 4.74 Å². The Balaban J connectivity index is 2.18. The number of amides is 1. The van der Waals surface area contributed by atoms with Gasteiger partial charge in [-0.05, 0) is 37.3 Å². The van der Waals surface area contributed by atoms with E-state index in [2.05, 4.69) is 15.9 Å². The number of hydrogen-bond acceptors (Lipinski definition) is 2. The maximum absolute atomic E-state index is 14.0. The summed E-state index contributed by atoms with van der Waals surface area (Å²) in [6.45, 7) is 1.39. The molecule has 1 aromatic carbocycles. The van der Waals surface area contributed by atoms with Gasteiger partial charge in [0.1, 0.15) is 17.1 Å². The van der Waals surface area contributed by atoms with Gasteiger partial charge in [0.25, 0.3) is 5.91 Å². The van der Waals surface area contributed by atoms with Crippen molar-refractivity contribution in [3.8, 4) is 5.75 Å². The summed E-state index contributed by atoms with van der Waals surface area (Å²) in [5, 5.41) is 0.933. The van der Waals surface area contributed by atoms with Gasteiger partial charge in [0.05, 0.1) is 7.11 Å². The number of likely N-dealkylation sites (tertiary alicyclic amines) is 1. The maximum Gasteiger partial charge on any atom is 0.260 e. The quantitative estimate of drug-likeness (QED) is 0.783. The van der Waals surface area contributed by atoms with Gasteiger partial charge in [-0.1, -0.05) is 22.0 Å². The van der Waals surface area contributed by atoms with Crippen LogP contribution in [0.25, 0.3) is 0 Å². The molecule has 1 aliphatic rings. The minimum Gasteiger partial charge on any atom is -0.496 e. The second kappa shape index (κ2) is 7.07. The van der Waals surface area contributed by atoms with Crippen LogP contribution >= 0.6 is 15.9 Å². The van der Waals surface area contributed by atoms with Crippen LogP contribution in [0, 0.1) is 11.7 Å². The van der Waals surface area contributed by atoms with Crippen molar-refractivity contribution in [2.24, 2.45) is 5.92 Å². The van der Waals surface area contributed by atoms with Gasteiger partial charge in [-0.15, -0.1) is 0 Å². The molecule has 5 heteroatoms. The second-order valence-electron chi connectivity index (χ2n) is 5.05. The zero-order chi connectivity index (χ0) is 14.5. The highest BCUT2D eigenvalue weighted by Gasteiger charge is 2.27. The number of hydrogen-bond donors (Lipinski definition) is 0. The zero-order valence-electron chi connectivity index (χ0n) is 11.6. The van der Waals surface area contributed by atoms with Gasteiger partial charge in [0.15, 0.2) is 0 Å². The molecule has 3 nitrogen and oxygen atoms in total.